The molecule has 0 aliphatic carbocycles. The number of likely N-dealkylation sites (N-methyl/N-ethyl adjacent to an activating group) is 1. The van der Waals surface area contributed by atoms with E-state index in [0.29, 0.717) is 12.4 Å². The van der Waals surface area contributed by atoms with Crippen LogP contribution in [-0.4, -0.2) is 35.7 Å². The van der Waals surface area contributed by atoms with Gasteiger partial charge in [-0.25, -0.2) is 8.78 Å². The van der Waals surface area contributed by atoms with Crippen LogP contribution in [0.5, 0.6) is 0 Å². The first kappa shape index (κ1) is 14.5. The molecule has 0 aliphatic rings. The van der Waals surface area contributed by atoms with Crippen molar-refractivity contribution in [1.82, 2.24) is 15.0 Å². The third kappa shape index (κ3) is 3.37. The molecule has 1 unspecified atom stereocenters. The van der Waals surface area contributed by atoms with E-state index in [4.69, 9.17) is 10.3 Å². The molecule has 1 aromatic carbocycles. The summed E-state index contributed by atoms with van der Waals surface area (Å²) in [5.41, 5.74) is 6.06. The average molecular weight is 282 g/mol. The first-order valence-electron chi connectivity index (χ1n) is 6.13. The van der Waals surface area contributed by atoms with Gasteiger partial charge in [0.1, 0.15) is 0 Å². The Bertz CT molecular complexity index is 586. The van der Waals surface area contributed by atoms with E-state index in [2.05, 4.69) is 10.1 Å². The second kappa shape index (κ2) is 6.06. The number of aromatic nitrogens is 2. The van der Waals surface area contributed by atoms with Gasteiger partial charge in [0, 0.05) is 12.1 Å². The quantitative estimate of drug-likeness (QED) is 0.900. The van der Waals surface area contributed by atoms with Crippen molar-refractivity contribution in [2.24, 2.45) is 5.73 Å². The van der Waals surface area contributed by atoms with Crippen LogP contribution in [0.3, 0.4) is 0 Å². The Morgan fingerprint density at radius 2 is 2.10 bits per heavy atom. The van der Waals surface area contributed by atoms with Gasteiger partial charge >= 0.3 is 0 Å². The minimum Gasteiger partial charge on any atom is -0.339 e. The molecule has 0 spiro atoms. The lowest BCUT2D eigenvalue weighted by Gasteiger charge is -2.12. The average Bonchev–Trinajstić information content (AvgIpc) is 2.83. The first-order chi connectivity index (χ1) is 9.47. The molecular weight excluding hydrogens is 266 g/mol. The number of nitrogens with zero attached hydrogens (tertiary/aromatic N) is 3. The van der Waals surface area contributed by atoms with Crippen LogP contribution in [0, 0.1) is 11.6 Å². The SMILES string of the molecule is CN(C)CC(N)c1noc(Cc2cccc(F)c2F)n1. The molecule has 5 nitrogen and oxygen atoms in total. The maximum Gasteiger partial charge on any atom is 0.231 e. The molecule has 0 bridgehead atoms. The zero-order chi connectivity index (χ0) is 14.7. The van der Waals surface area contributed by atoms with Crippen molar-refractivity contribution >= 4 is 0 Å². The van der Waals surface area contributed by atoms with Gasteiger partial charge in [-0.2, -0.15) is 4.98 Å². The van der Waals surface area contributed by atoms with E-state index in [-0.39, 0.29) is 23.9 Å². The molecule has 1 atom stereocenters. The topological polar surface area (TPSA) is 68.2 Å². The van der Waals surface area contributed by atoms with Crippen molar-refractivity contribution in [2.75, 3.05) is 20.6 Å². The summed E-state index contributed by atoms with van der Waals surface area (Å²) in [5, 5.41) is 3.76. The van der Waals surface area contributed by atoms with Crippen LogP contribution in [0.4, 0.5) is 8.78 Å². The summed E-state index contributed by atoms with van der Waals surface area (Å²) in [6.45, 7) is 0.563. The molecule has 20 heavy (non-hydrogen) atoms. The highest BCUT2D eigenvalue weighted by Crippen LogP contribution is 2.16. The highest BCUT2D eigenvalue weighted by molar-refractivity contribution is 5.21. The van der Waals surface area contributed by atoms with Crippen molar-refractivity contribution in [3.63, 3.8) is 0 Å². The van der Waals surface area contributed by atoms with Gasteiger partial charge in [0.25, 0.3) is 0 Å². The predicted molar refractivity (Wildman–Crippen MR) is 68.9 cm³/mol. The lowest BCUT2D eigenvalue weighted by Crippen LogP contribution is -2.26. The Labute approximate surface area is 115 Å². The summed E-state index contributed by atoms with van der Waals surface area (Å²) < 4.78 is 31.6. The maximum absolute atomic E-state index is 13.5. The van der Waals surface area contributed by atoms with E-state index in [1.54, 1.807) is 0 Å². The molecule has 0 fully saturated rings. The van der Waals surface area contributed by atoms with Crippen LogP contribution in [-0.2, 0) is 6.42 Å². The molecule has 7 heteroatoms. The number of hydrogen-bond acceptors (Lipinski definition) is 5. The largest absolute Gasteiger partial charge is 0.339 e. The van der Waals surface area contributed by atoms with Gasteiger partial charge < -0.3 is 15.2 Å². The molecule has 0 aliphatic heterocycles. The number of nitrogens with two attached hydrogens (primary N) is 1. The normalized spacial score (nSPS) is 12.9. The third-order valence-electron chi connectivity index (χ3n) is 2.75. The van der Waals surface area contributed by atoms with E-state index >= 15 is 0 Å². The Morgan fingerprint density at radius 3 is 2.80 bits per heavy atom. The van der Waals surface area contributed by atoms with Crippen molar-refractivity contribution in [3.8, 4) is 0 Å². The van der Waals surface area contributed by atoms with Gasteiger partial charge in [-0.3, -0.25) is 0 Å². The summed E-state index contributed by atoms with van der Waals surface area (Å²) in [6, 6.07) is 3.58. The molecule has 1 heterocycles. The number of halogens is 2. The van der Waals surface area contributed by atoms with E-state index < -0.39 is 11.6 Å². The van der Waals surface area contributed by atoms with Crippen molar-refractivity contribution in [1.29, 1.82) is 0 Å². The highest BCUT2D eigenvalue weighted by Gasteiger charge is 2.17. The van der Waals surface area contributed by atoms with Gasteiger partial charge in [-0.15, -0.1) is 0 Å². The Morgan fingerprint density at radius 1 is 1.35 bits per heavy atom. The second-order valence-corrected chi connectivity index (χ2v) is 4.80. The minimum absolute atomic E-state index is 0.0330. The van der Waals surface area contributed by atoms with E-state index in [0.717, 1.165) is 6.07 Å². The van der Waals surface area contributed by atoms with Crippen molar-refractivity contribution < 1.29 is 13.3 Å². The number of rotatable bonds is 5. The third-order valence-corrected chi connectivity index (χ3v) is 2.75. The molecule has 2 rings (SSSR count). The van der Waals surface area contributed by atoms with Crippen LogP contribution in [0.1, 0.15) is 23.3 Å². The lowest BCUT2D eigenvalue weighted by atomic mass is 10.1. The molecule has 0 saturated heterocycles. The smallest absolute Gasteiger partial charge is 0.231 e. The second-order valence-electron chi connectivity index (χ2n) is 4.80. The molecule has 0 radical (unpaired) electrons. The summed E-state index contributed by atoms with van der Waals surface area (Å²) in [4.78, 5) is 6.01. The summed E-state index contributed by atoms with van der Waals surface area (Å²) in [7, 11) is 3.76. The van der Waals surface area contributed by atoms with Crippen LogP contribution in [0.25, 0.3) is 0 Å². The molecule has 0 amide bonds. The fourth-order valence-corrected chi connectivity index (χ4v) is 1.81. The molecular formula is C13H16F2N4O. The highest BCUT2D eigenvalue weighted by atomic mass is 19.2. The first-order valence-corrected chi connectivity index (χ1v) is 6.13. The monoisotopic (exact) mass is 282 g/mol. The number of benzene rings is 1. The predicted octanol–water partition coefficient (Wildman–Crippen LogP) is 1.50. The van der Waals surface area contributed by atoms with Crippen LogP contribution < -0.4 is 5.73 Å². The van der Waals surface area contributed by atoms with Gasteiger partial charge in [-0.05, 0) is 20.2 Å². The minimum atomic E-state index is -0.898. The summed E-state index contributed by atoms with van der Waals surface area (Å²) >= 11 is 0. The molecule has 0 saturated carbocycles. The van der Waals surface area contributed by atoms with E-state index in [9.17, 15) is 8.78 Å². The van der Waals surface area contributed by atoms with Crippen LogP contribution in [0.15, 0.2) is 22.7 Å². The Balaban J connectivity index is 2.11. The molecule has 2 N–H and O–H groups in total. The maximum atomic E-state index is 13.5. The zero-order valence-electron chi connectivity index (χ0n) is 11.3. The fraction of sp³-hybridized carbons (Fsp3) is 0.385. The van der Waals surface area contributed by atoms with E-state index in [1.807, 2.05) is 19.0 Å². The summed E-state index contributed by atoms with van der Waals surface area (Å²) in [6.07, 6.45) is 0.0330. The van der Waals surface area contributed by atoms with Gasteiger partial charge in [0.2, 0.25) is 5.89 Å². The fourth-order valence-electron chi connectivity index (χ4n) is 1.81. The van der Waals surface area contributed by atoms with Crippen LogP contribution >= 0.6 is 0 Å². The van der Waals surface area contributed by atoms with Gasteiger partial charge in [0.05, 0.1) is 12.5 Å². The van der Waals surface area contributed by atoms with Gasteiger partial charge in [0.15, 0.2) is 17.5 Å². The molecule has 1 aromatic heterocycles. The summed E-state index contributed by atoms with van der Waals surface area (Å²) in [5.74, 6) is -1.24. The standard InChI is InChI=1S/C13H16F2N4O/c1-19(2)7-10(16)13-17-11(20-18-13)6-8-4-3-5-9(14)12(8)15/h3-5,10H,6-7,16H2,1-2H3. The van der Waals surface area contributed by atoms with Crippen molar-refractivity contribution in [2.45, 2.75) is 12.5 Å². The van der Waals surface area contributed by atoms with Gasteiger partial charge in [-0.1, -0.05) is 17.3 Å². The molecule has 108 valence electrons. The lowest BCUT2D eigenvalue weighted by molar-refractivity contribution is 0.348. The van der Waals surface area contributed by atoms with Crippen molar-refractivity contribution in [3.05, 3.63) is 47.1 Å². The number of hydrogen-bond donors (Lipinski definition) is 1. The Hall–Kier alpha value is -1.86. The van der Waals surface area contributed by atoms with Crippen LogP contribution in [0.2, 0.25) is 0 Å². The van der Waals surface area contributed by atoms with E-state index in [1.165, 1.54) is 12.1 Å². The zero-order valence-corrected chi connectivity index (χ0v) is 11.3. The molecule has 2 aromatic rings. The Kier molecular flexibility index (Phi) is 4.41.